The number of rotatable bonds is 4. The molecule has 0 bridgehead atoms. The fraction of sp³-hybridized carbons (Fsp3) is 0.333. The van der Waals surface area contributed by atoms with Gasteiger partial charge in [0, 0.05) is 13.1 Å². The maximum atomic E-state index is 13.3. The molecule has 2 aliphatic heterocycles. The summed E-state index contributed by atoms with van der Waals surface area (Å²) in [6, 6.07) is 10.0. The molecule has 0 saturated carbocycles. The highest BCUT2D eigenvalue weighted by Gasteiger charge is 2.32. The van der Waals surface area contributed by atoms with Crippen LogP contribution < -0.4 is 19.9 Å². The number of nitrogens with zero attached hydrogens (tertiary/aromatic N) is 2. The molecule has 1 saturated heterocycles. The van der Waals surface area contributed by atoms with E-state index in [9.17, 15) is 22.8 Å². The van der Waals surface area contributed by atoms with Gasteiger partial charge in [0.15, 0.2) is 6.61 Å². The van der Waals surface area contributed by atoms with Crippen LogP contribution in [0.2, 0.25) is 0 Å². The second kappa shape index (κ2) is 8.46. The van der Waals surface area contributed by atoms with Gasteiger partial charge >= 0.3 is 6.18 Å². The molecule has 164 valence electrons. The monoisotopic (exact) mass is 435 g/mol. The molecule has 2 aromatic rings. The Morgan fingerprint density at radius 2 is 1.81 bits per heavy atom. The van der Waals surface area contributed by atoms with Crippen LogP contribution >= 0.6 is 0 Å². The minimum Gasteiger partial charge on any atom is -0.482 e. The van der Waals surface area contributed by atoms with Crippen LogP contribution in [-0.4, -0.2) is 51.3 Å². The zero-order valence-corrected chi connectivity index (χ0v) is 16.4. The Labute approximate surface area is 176 Å². The van der Waals surface area contributed by atoms with E-state index >= 15 is 0 Å². The second-order valence-electron chi connectivity index (χ2n) is 7.11. The minimum absolute atomic E-state index is 0.0377. The van der Waals surface area contributed by atoms with Gasteiger partial charge in [0.2, 0.25) is 5.91 Å². The van der Waals surface area contributed by atoms with E-state index in [1.807, 2.05) is 4.90 Å². The van der Waals surface area contributed by atoms with Gasteiger partial charge in [0.1, 0.15) is 12.3 Å². The number of ether oxygens (including phenoxy) is 2. The molecular weight excluding hydrogens is 415 g/mol. The number of anilines is 3. The number of hydrogen-bond donors (Lipinski definition) is 1. The molecule has 2 amide bonds. The van der Waals surface area contributed by atoms with Gasteiger partial charge in [0.05, 0.1) is 35.8 Å². The number of hydrogen-bond acceptors (Lipinski definition) is 5. The van der Waals surface area contributed by atoms with Crippen LogP contribution in [0, 0.1) is 0 Å². The lowest BCUT2D eigenvalue weighted by atomic mass is 10.1. The zero-order valence-electron chi connectivity index (χ0n) is 16.4. The average molecular weight is 435 g/mol. The molecule has 0 spiro atoms. The molecular formula is C21H20F3N3O4. The smallest absolute Gasteiger partial charge is 0.416 e. The Balaban J connectivity index is 1.59. The van der Waals surface area contributed by atoms with Gasteiger partial charge in [-0.15, -0.1) is 0 Å². The van der Waals surface area contributed by atoms with E-state index in [4.69, 9.17) is 9.47 Å². The van der Waals surface area contributed by atoms with Crippen molar-refractivity contribution in [1.29, 1.82) is 0 Å². The van der Waals surface area contributed by atoms with Gasteiger partial charge in [-0.05, 0) is 30.3 Å². The SMILES string of the molecule is O=C(CN1C(=O)COc2ccccc21)Nc1cc(C(F)(F)F)ccc1N1CCOCC1. The molecule has 31 heavy (non-hydrogen) atoms. The summed E-state index contributed by atoms with van der Waals surface area (Å²) in [5.41, 5.74) is 0.0769. The van der Waals surface area contributed by atoms with Gasteiger partial charge in [0.25, 0.3) is 5.91 Å². The van der Waals surface area contributed by atoms with E-state index in [-0.39, 0.29) is 18.8 Å². The molecule has 4 rings (SSSR count). The normalized spacial score (nSPS) is 16.5. The van der Waals surface area contributed by atoms with Crippen molar-refractivity contribution in [2.24, 2.45) is 0 Å². The quantitative estimate of drug-likeness (QED) is 0.800. The van der Waals surface area contributed by atoms with E-state index in [2.05, 4.69) is 5.32 Å². The first-order valence-electron chi connectivity index (χ1n) is 9.69. The third kappa shape index (κ3) is 4.58. The first kappa shape index (κ1) is 21.0. The summed E-state index contributed by atoms with van der Waals surface area (Å²) in [5.74, 6) is -0.562. The molecule has 2 aliphatic rings. The molecule has 1 fully saturated rings. The van der Waals surface area contributed by atoms with E-state index in [0.717, 1.165) is 12.1 Å². The Morgan fingerprint density at radius 1 is 1.06 bits per heavy atom. The molecule has 0 atom stereocenters. The minimum atomic E-state index is -4.55. The van der Waals surface area contributed by atoms with Crippen LogP contribution in [-0.2, 0) is 20.5 Å². The summed E-state index contributed by atoms with van der Waals surface area (Å²) in [7, 11) is 0. The lowest BCUT2D eigenvalue weighted by Crippen LogP contribution is -2.43. The maximum Gasteiger partial charge on any atom is 0.416 e. The first-order chi connectivity index (χ1) is 14.8. The lowest BCUT2D eigenvalue weighted by Gasteiger charge is -2.31. The van der Waals surface area contributed by atoms with E-state index in [1.54, 1.807) is 24.3 Å². The van der Waals surface area contributed by atoms with Crippen molar-refractivity contribution >= 4 is 28.9 Å². The molecule has 0 unspecified atom stereocenters. The largest absolute Gasteiger partial charge is 0.482 e. The fourth-order valence-corrected chi connectivity index (χ4v) is 3.55. The van der Waals surface area contributed by atoms with Gasteiger partial charge in [-0.3, -0.25) is 14.5 Å². The number of halogens is 3. The second-order valence-corrected chi connectivity index (χ2v) is 7.11. The zero-order chi connectivity index (χ0) is 22.0. The van der Waals surface area contributed by atoms with E-state index < -0.39 is 23.6 Å². The van der Waals surface area contributed by atoms with Crippen LogP contribution in [0.1, 0.15) is 5.56 Å². The third-order valence-corrected chi connectivity index (χ3v) is 5.06. The van der Waals surface area contributed by atoms with E-state index in [0.29, 0.717) is 43.4 Å². The summed E-state index contributed by atoms with van der Waals surface area (Å²) >= 11 is 0. The summed E-state index contributed by atoms with van der Waals surface area (Å²) in [6.07, 6.45) is -4.55. The van der Waals surface area contributed by atoms with Crippen LogP contribution in [0.15, 0.2) is 42.5 Å². The summed E-state index contributed by atoms with van der Waals surface area (Å²) in [5, 5.41) is 2.56. The molecule has 0 radical (unpaired) electrons. The highest BCUT2D eigenvalue weighted by molar-refractivity contribution is 6.05. The number of carbonyl (C=O) groups is 2. The van der Waals surface area contributed by atoms with Crippen molar-refractivity contribution in [3.63, 3.8) is 0 Å². The molecule has 0 aromatic heterocycles. The van der Waals surface area contributed by atoms with Crippen molar-refractivity contribution in [2.45, 2.75) is 6.18 Å². The number of alkyl halides is 3. The molecule has 10 heteroatoms. The van der Waals surface area contributed by atoms with Gasteiger partial charge in [-0.25, -0.2) is 0 Å². The number of para-hydroxylation sites is 2. The Morgan fingerprint density at radius 3 is 2.55 bits per heavy atom. The van der Waals surface area contributed by atoms with Gasteiger partial charge in [-0.1, -0.05) is 12.1 Å². The number of fused-ring (bicyclic) bond motifs is 1. The number of morpholine rings is 1. The molecule has 0 aliphatic carbocycles. The Bertz CT molecular complexity index is 990. The number of carbonyl (C=O) groups excluding carboxylic acids is 2. The third-order valence-electron chi connectivity index (χ3n) is 5.06. The van der Waals surface area contributed by atoms with Crippen LogP contribution in [0.4, 0.5) is 30.2 Å². The molecule has 2 aromatic carbocycles. The number of benzene rings is 2. The summed E-state index contributed by atoms with van der Waals surface area (Å²) < 4.78 is 50.4. The van der Waals surface area contributed by atoms with Gasteiger partial charge < -0.3 is 19.7 Å². The van der Waals surface area contributed by atoms with Crippen molar-refractivity contribution in [3.05, 3.63) is 48.0 Å². The lowest BCUT2D eigenvalue weighted by molar-refractivity contribution is -0.137. The van der Waals surface area contributed by atoms with Crippen LogP contribution in [0.3, 0.4) is 0 Å². The molecule has 7 nitrogen and oxygen atoms in total. The molecule has 2 heterocycles. The fourth-order valence-electron chi connectivity index (χ4n) is 3.55. The van der Waals surface area contributed by atoms with Crippen molar-refractivity contribution in [2.75, 3.05) is 54.6 Å². The predicted molar refractivity (Wildman–Crippen MR) is 107 cm³/mol. The highest BCUT2D eigenvalue weighted by Crippen LogP contribution is 2.36. The van der Waals surface area contributed by atoms with Crippen molar-refractivity contribution in [3.8, 4) is 5.75 Å². The van der Waals surface area contributed by atoms with Crippen LogP contribution in [0.5, 0.6) is 5.75 Å². The van der Waals surface area contributed by atoms with Crippen molar-refractivity contribution < 1.29 is 32.2 Å². The van der Waals surface area contributed by atoms with Crippen LogP contribution in [0.25, 0.3) is 0 Å². The highest BCUT2D eigenvalue weighted by atomic mass is 19.4. The number of amides is 2. The molecule has 1 N–H and O–H groups in total. The topological polar surface area (TPSA) is 71.1 Å². The maximum absolute atomic E-state index is 13.3. The summed E-state index contributed by atoms with van der Waals surface area (Å²) in [4.78, 5) is 28.2. The van der Waals surface area contributed by atoms with Gasteiger partial charge in [-0.2, -0.15) is 13.2 Å². The standard InChI is InChI=1S/C21H20F3N3O4/c22-21(23,24)14-5-6-16(26-7-9-30-10-8-26)15(11-14)25-19(28)12-27-17-3-1-2-4-18(17)31-13-20(27)29/h1-6,11H,7-10,12-13H2,(H,25,28). The van der Waals surface area contributed by atoms with Crippen molar-refractivity contribution in [1.82, 2.24) is 0 Å². The Kier molecular flexibility index (Phi) is 5.73. The summed E-state index contributed by atoms with van der Waals surface area (Å²) in [6.45, 7) is 1.29. The predicted octanol–water partition coefficient (Wildman–Crippen LogP) is 2.91. The Hall–Kier alpha value is -3.27. The average Bonchev–Trinajstić information content (AvgIpc) is 2.76. The number of nitrogens with one attached hydrogen (secondary N) is 1. The van der Waals surface area contributed by atoms with E-state index in [1.165, 1.54) is 11.0 Å². The first-order valence-corrected chi connectivity index (χ1v) is 9.69.